The molecule has 0 unspecified atom stereocenters. The SMILES string of the molecule is Cc1ccc(C(=O)NC2CC2)cc1-n1ncc(C(=O)c2ccc3cccnc3c2)c1N. The Morgan fingerprint density at radius 1 is 1.10 bits per heavy atom. The molecule has 0 spiro atoms. The second-order valence-electron chi connectivity index (χ2n) is 7.84. The number of benzene rings is 2. The van der Waals surface area contributed by atoms with Crippen molar-refractivity contribution in [2.45, 2.75) is 25.8 Å². The third kappa shape index (κ3) is 3.54. The van der Waals surface area contributed by atoms with Gasteiger partial charge < -0.3 is 11.1 Å². The third-order valence-electron chi connectivity index (χ3n) is 5.53. The average Bonchev–Trinajstić information content (AvgIpc) is 3.52. The molecule has 1 aliphatic rings. The quantitative estimate of drug-likeness (QED) is 0.490. The van der Waals surface area contributed by atoms with E-state index in [4.69, 9.17) is 5.73 Å². The summed E-state index contributed by atoms with van der Waals surface area (Å²) in [6.45, 7) is 1.91. The number of hydrogen-bond donors (Lipinski definition) is 2. The number of amides is 1. The Morgan fingerprint density at radius 2 is 1.90 bits per heavy atom. The molecule has 3 N–H and O–H groups in total. The molecule has 2 aromatic heterocycles. The number of anilines is 1. The van der Waals surface area contributed by atoms with E-state index in [9.17, 15) is 9.59 Å². The van der Waals surface area contributed by atoms with Crippen LogP contribution in [0, 0.1) is 6.92 Å². The molecule has 1 amide bonds. The number of nitrogen functional groups attached to an aromatic ring is 1. The van der Waals surface area contributed by atoms with Gasteiger partial charge in [-0.3, -0.25) is 14.6 Å². The van der Waals surface area contributed by atoms with Crippen LogP contribution < -0.4 is 11.1 Å². The maximum atomic E-state index is 13.1. The van der Waals surface area contributed by atoms with Crippen LogP contribution in [0.5, 0.6) is 0 Å². The van der Waals surface area contributed by atoms with Crippen LogP contribution in [-0.4, -0.2) is 32.5 Å². The lowest BCUT2D eigenvalue weighted by atomic mass is 10.0. The van der Waals surface area contributed by atoms with Crippen LogP contribution in [-0.2, 0) is 0 Å². The highest BCUT2D eigenvalue weighted by Crippen LogP contribution is 2.25. The van der Waals surface area contributed by atoms with Gasteiger partial charge in [0.1, 0.15) is 5.82 Å². The molecule has 1 aliphatic carbocycles. The van der Waals surface area contributed by atoms with Gasteiger partial charge in [-0.05, 0) is 49.6 Å². The first-order chi connectivity index (χ1) is 15.0. The number of nitrogens with one attached hydrogen (secondary N) is 1. The minimum Gasteiger partial charge on any atom is -0.383 e. The van der Waals surface area contributed by atoms with Gasteiger partial charge in [0.2, 0.25) is 0 Å². The minimum atomic E-state index is -0.225. The zero-order valence-corrected chi connectivity index (χ0v) is 17.0. The van der Waals surface area contributed by atoms with Crippen molar-refractivity contribution in [3.63, 3.8) is 0 Å². The predicted octanol–water partition coefficient (Wildman–Crippen LogP) is 3.43. The Kier molecular flexibility index (Phi) is 4.51. The molecule has 0 atom stereocenters. The molecule has 0 aliphatic heterocycles. The predicted molar refractivity (Wildman–Crippen MR) is 118 cm³/mol. The van der Waals surface area contributed by atoms with Crippen LogP contribution in [0.1, 0.15) is 44.7 Å². The number of nitrogens with zero attached hydrogens (tertiary/aromatic N) is 3. The normalized spacial score (nSPS) is 13.3. The second kappa shape index (κ2) is 7.36. The Morgan fingerprint density at radius 3 is 2.71 bits per heavy atom. The number of ketones is 1. The number of aromatic nitrogens is 3. The van der Waals surface area contributed by atoms with Crippen molar-refractivity contribution < 1.29 is 9.59 Å². The largest absolute Gasteiger partial charge is 0.383 e. The molecule has 0 saturated heterocycles. The van der Waals surface area contributed by atoms with Crippen LogP contribution in [0.15, 0.2) is 60.9 Å². The van der Waals surface area contributed by atoms with Gasteiger partial charge in [-0.15, -0.1) is 0 Å². The van der Waals surface area contributed by atoms with Gasteiger partial charge in [-0.2, -0.15) is 5.10 Å². The molecule has 2 heterocycles. The van der Waals surface area contributed by atoms with E-state index in [0.29, 0.717) is 22.4 Å². The summed E-state index contributed by atoms with van der Waals surface area (Å²) in [4.78, 5) is 29.9. The van der Waals surface area contributed by atoms with E-state index < -0.39 is 0 Å². The monoisotopic (exact) mass is 411 g/mol. The second-order valence-corrected chi connectivity index (χ2v) is 7.84. The van der Waals surface area contributed by atoms with Gasteiger partial charge in [0, 0.05) is 28.8 Å². The van der Waals surface area contributed by atoms with Gasteiger partial charge >= 0.3 is 0 Å². The number of pyridine rings is 1. The highest BCUT2D eigenvalue weighted by atomic mass is 16.1. The maximum Gasteiger partial charge on any atom is 0.251 e. The number of fused-ring (bicyclic) bond motifs is 1. The molecule has 2 aromatic carbocycles. The average molecular weight is 411 g/mol. The summed E-state index contributed by atoms with van der Waals surface area (Å²) in [7, 11) is 0. The van der Waals surface area contributed by atoms with Gasteiger partial charge in [0.25, 0.3) is 5.91 Å². The lowest BCUT2D eigenvalue weighted by molar-refractivity contribution is 0.0950. The molecular weight excluding hydrogens is 390 g/mol. The molecule has 7 nitrogen and oxygen atoms in total. The zero-order valence-electron chi connectivity index (χ0n) is 17.0. The molecule has 154 valence electrons. The third-order valence-corrected chi connectivity index (χ3v) is 5.53. The Labute approximate surface area is 178 Å². The van der Waals surface area contributed by atoms with E-state index in [-0.39, 0.29) is 23.6 Å². The standard InChI is InChI=1S/C24H21N5O2/c1-14-4-5-17(24(31)28-18-8-9-18)12-21(14)29-23(25)19(13-27-29)22(30)16-7-6-15-3-2-10-26-20(15)11-16/h2-7,10-13,18H,8-9,25H2,1H3,(H,28,31). The topological polar surface area (TPSA) is 103 Å². The number of carbonyl (C=O) groups excluding carboxylic acids is 2. The zero-order chi connectivity index (χ0) is 21.5. The van der Waals surface area contributed by atoms with E-state index in [2.05, 4.69) is 15.4 Å². The number of hydrogen-bond acceptors (Lipinski definition) is 5. The van der Waals surface area contributed by atoms with E-state index in [1.165, 1.54) is 10.9 Å². The molecule has 4 aromatic rings. The van der Waals surface area contributed by atoms with E-state index in [1.807, 2.05) is 31.2 Å². The maximum absolute atomic E-state index is 13.1. The lowest BCUT2D eigenvalue weighted by Gasteiger charge is -2.11. The van der Waals surface area contributed by atoms with Crippen LogP contribution in [0.3, 0.4) is 0 Å². The van der Waals surface area contributed by atoms with Crippen molar-refractivity contribution >= 4 is 28.4 Å². The van der Waals surface area contributed by atoms with Crippen LogP contribution in [0.2, 0.25) is 0 Å². The van der Waals surface area contributed by atoms with Crippen molar-refractivity contribution in [1.82, 2.24) is 20.1 Å². The fraction of sp³-hybridized carbons (Fsp3) is 0.167. The molecule has 31 heavy (non-hydrogen) atoms. The van der Waals surface area contributed by atoms with Crippen molar-refractivity contribution in [3.8, 4) is 5.69 Å². The van der Waals surface area contributed by atoms with Gasteiger partial charge in [-0.25, -0.2) is 4.68 Å². The summed E-state index contributed by atoms with van der Waals surface area (Å²) in [6, 6.07) is 14.8. The number of rotatable bonds is 5. The van der Waals surface area contributed by atoms with E-state index in [1.54, 1.807) is 30.5 Å². The molecule has 1 fully saturated rings. The first-order valence-electron chi connectivity index (χ1n) is 10.2. The lowest BCUT2D eigenvalue weighted by Crippen LogP contribution is -2.25. The molecule has 0 bridgehead atoms. The highest BCUT2D eigenvalue weighted by molar-refractivity contribution is 6.12. The van der Waals surface area contributed by atoms with Crippen molar-refractivity contribution in [3.05, 3.63) is 83.2 Å². The van der Waals surface area contributed by atoms with Crippen molar-refractivity contribution in [2.24, 2.45) is 0 Å². The molecule has 0 radical (unpaired) electrons. The minimum absolute atomic E-state index is 0.116. The number of nitrogens with two attached hydrogens (primary N) is 1. The van der Waals surface area contributed by atoms with Gasteiger partial charge in [0.05, 0.1) is 23.0 Å². The Bertz CT molecular complexity index is 1340. The Balaban J connectivity index is 1.49. The van der Waals surface area contributed by atoms with Crippen LogP contribution in [0.4, 0.5) is 5.82 Å². The first kappa shape index (κ1) is 19.0. The van der Waals surface area contributed by atoms with E-state index >= 15 is 0 Å². The van der Waals surface area contributed by atoms with Crippen molar-refractivity contribution in [2.75, 3.05) is 5.73 Å². The summed E-state index contributed by atoms with van der Waals surface area (Å²) in [5.41, 5.74) is 9.98. The highest BCUT2D eigenvalue weighted by Gasteiger charge is 2.24. The summed E-state index contributed by atoms with van der Waals surface area (Å²) in [5.74, 6) is -0.111. The molecule has 1 saturated carbocycles. The summed E-state index contributed by atoms with van der Waals surface area (Å²) in [5, 5.41) is 8.29. The molecular formula is C24H21N5O2. The first-order valence-corrected chi connectivity index (χ1v) is 10.2. The summed E-state index contributed by atoms with van der Waals surface area (Å²) in [6.07, 6.45) is 5.20. The Hall–Kier alpha value is -4.00. The van der Waals surface area contributed by atoms with Crippen molar-refractivity contribution in [1.29, 1.82) is 0 Å². The van der Waals surface area contributed by atoms with Gasteiger partial charge in [0.15, 0.2) is 5.78 Å². The number of carbonyl (C=O) groups is 2. The molecule has 5 rings (SSSR count). The van der Waals surface area contributed by atoms with Crippen LogP contribution >= 0.6 is 0 Å². The fourth-order valence-electron chi connectivity index (χ4n) is 3.56. The van der Waals surface area contributed by atoms with Gasteiger partial charge in [-0.1, -0.05) is 24.3 Å². The summed E-state index contributed by atoms with van der Waals surface area (Å²) < 4.78 is 1.51. The number of aryl methyl sites for hydroxylation is 1. The summed E-state index contributed by atoms with van der Waals surface area (Å²) >= 11 is 0. The smallest absolute Gasteiger partial charge is 0.251 e. The van der Waals surface area contributed by atoms with Crippen LogP contribution in [0.25, 0.3) is 16.6 Å². The molecule has 7 heteroatoms. The fourth-order valence-corrected chi connectivity index (χ4v) is 3.56. The van der Waals surface area contributed by atoms with E-state index in [0.717, 1.165) is 29.3 Å².